The van der Waals surface area contributed by atoms with Crippen LogP contribution in [0.2, 0.25) is 0 Å². The normalized spacial score (nSPS) is 21.2. The molecule has 0 spiro atoms. The molecule has 0 aromatic carbocycles. The van der Waals surface area contributed by atoms with Crippen LogP contribution in [0.4, 0.5) is 0 Å². The first-order chi connectivity index (χ1) is 8.80. The van der Waals surface area contributed by atoms with Crippen molar-refractivity contribution in [3.8, 4) is 0 Å². The molecule has 1 aliphatic heterocycles. The molecule has 0 bridgehead atoms. The molecule has 1 saturated heterocycles. The van der Waals surface area contributed by atoms with Gasteiger partial charge in [0.1, 0.15) is 6.33 Å². The molecule has 0 atom stereocenters. The monoisotopic (exact) mass is 259 g/mol. The molecule has 1 aliphatic rings. The number of hydrogen-bond donors (Lipinski definition) is 0. The average molecular weight is 259 g/mol. The summed E-state index contributed by atoms with van der Waals surface area (Å²) in [5.41, 5.74) is 2.29. The molecule has 19 heavy (non-hydrogen) atoms. The maximum absolute atomic E-state index is 6.08. The molecule has 1 fully saturated rings. The summed E-state index contributed by atoms with van der Waals surface area (Å²) in [5, 5.41) is 7.93. The van der Waals surface area contributed by atoms with Crippen LogP contribution in [0, 0.1) is 6.92 Å². The van der Waals surface area contributed by atoms with E-state index < -0.39 is 0 Å². The first kappa shape index (κ1) is 12.6. The Bertz CT molecular complexity index is 620. The minimum absolute atomic E-state index is 0.327. The maximum atomic E-state index is 6.08. The van der Waals surface area contributed by atoms with Gasteiger partial charge in [0.05, 0.1) is 11.2 Å². The molecule has 3 rings (SSSR count). The van der Waals surface area contributed by atoms with E-state index in [2.05, 4.69) is 37.9 Å². The van der Waals surface area contributed by atoms with Gasteiger partial charge in [0.15, 0.2) is 5.65 Å². The topological polar surface area (TPSA) is 48.7 Å². The number of rotatable bonds is 1. The predicted octanol–water partition coefficient (Wildman–Crippen LogP) is 1.34. The molecule has 2 aromatic heterocycles. The van der Waals surface area contributed by atoms with E-state index in [9.17, 15) is 0 Å². The molecule has 3 heterocycles. The summed E-state index contributed by atoms with van der Waals surface area (Å²) < 4.78 is 14.0. The highest BCUT2D eigenvalue weighted by Gasteiger charge is 2.52. The Morgan fingerprint density at radius 1 is 1.16 bits per heavy atom. The van der Waals surface area contributed by atoms with E-state index in [0.717, 1.165) is 16.7 Å². The molecule has 100 valence electrons. The number of aromatic nitrogens is 3. The summed E-state index contributed by atoms with van der Waals surface area (Å²) in [7, 11) is -0.350. The van der Waals surface area contributed by atoms with Crippen molar-refractivity contribution in [2.75, 3.05) is 0 Å². The largest absolute Gasteiger partial charge is 0.496 e. The second kappa shape index (κ2) is 3.80. The highest BCUT2D eigenvalue weighted by Crippen LogP contribution is 2.36. The summed E-state index contributed by atoms with van der Waals surface area (Å²) in [6.45, 7) is 10.3. The van der Waals surface area contributed by atoms with Gasteiger partial charge in [-0.15, -0.1) is 10.2 Å². The molecule has 0 radical (unpaired) electrons. The molecule has 0 N–H and O–H groups in total. The first-order valence-electron chi connectivity index (χ1n) is 6.46. The van der Waals surface area contributed by atoms with Gasteiger partial charge in [-0.1, -0.05) is 0 Å². The Balaban J connectivity index is 2.04. The van der Waals surface area contributed by atoms with Gasteiger partial charge < -0.3 is 9.31 Å². The Kier molecular flexibility index (Phi) is 2.53. The van der Waals surface area contributed by atoms with Gasteiger partial charge in [-0.05, 0) is 46.2 Å². The number of fused-ring (bicyclic) bond motifs is 1. The Morgan fingerprint density at radius 2 is 1.79 bits per heavy atom. The van der Waals surface area contributed by atoms with Crippen molar-refractivity contribution in [1.82, 2.24) is 14.6 Å². The number of aryl methyl sites for hydroxylation is 1. The van der Waals surface area contributed by atoms with Crippen LogP contribution in [-0.2, 0) is 9.31 Å². The summed E-state index contributed by atoms with van der Waals surface area (Å²) in [6, 6.07) is 1.99. The lowest BCUT2D eigenvalue weighted by Crippen LogP contribution is -2.41. The van der Waals surface area contributed by atoms with Crippen LogP contribution in [0.1, 0.15) is 33.3 Å². The van der Waals surface area contributed by atoms with Crippen molar-refractivity contribution in [2.24, 2.45) is 0 Å². The highest BCUT2D eigenvalue weighted by molar-refractivity contribution is 6.62. The van der Waals surface area contributed by atoms with Crippen molar-refractivity contribution in [1.29, 1.82) is 0 Å². The zero-order chi connectivity index (χ0) is 13.8. The summed E-state index contributed by atoms with van der Waals surface area (Å²) in [6.07, 6.45) is 3.66. The van der Waals surface area contributed by atoms with Crippen molar-refractivity contribution < 1.29 is 9.31 Å². The van der Waals surface area contributed by atoms with Crippen molar-refractivity contribution in [2.45, 2.75) is 45.8 Å². The zero-order valence-corrected chi connectivity index (χ0v) is 12.0. The van der Waals surface area contributed by atoms with Crippen LogP contribution < -0.4 is 5.46 Å². The van der Waals surface area contributed by atoms with Gasteiger partial charge in [0.25, 0.3) is 0 Å². The quantitative estimate of drug-likeness (QED) is 0.725. The SMILES string of the molecule is Cc1cc2nncn2cc1B1OC(C)(C)C(C)(C)O1. The van der Waals surface area contributed by atoms with Gasteiger partial charge in [-0.3, -0.25) is 4.40 Å². The second-order valence-corrected chi connectivity index (χ2v) is 6.10. The number of pyridine rings is 1. The van der Waals surface area contributed by atoms with Crippen LogP contribution >= 0.6 is 0 Å². The van der Waals surface area contributed by atoms with Crippen molar-refractivity contribution in [3.63, 3.8) is 0 Å². The van der Waals surface area contributed by atoms with E-state index in [1.807, 2.05) is 23.6 Å². The molecular formula is C13H18BN3O2. The predicted molar refractivity (Wildman–Crippen MR) is 73.4 cm³/mol. The minimum atomic E-state index is -0.350. The van der Waals surface area contributed by atoms with E-state index in [-0.39, 0.29) is 18.3 Å². The van der Waals surface area contributed by atoms with E-state index in [0.29, 0.717) is 0 Å². The maximum Gasteiger partial charge on any atom is 0.496 e. The van der Waals surface area contributed by atoms with Crippen LogP contribution in [0.5, 0.6) is 0 Å². The van der Waals surface area contributed by atoms with Crippen LogP contribution in [-0.4, -0.2) is 32.9 Å². The lowest BCUT2D eigenvalue weighted by atomic mass is 9.77. The van der Waals surface area contributed by atoms with E-state index in [4.69, 9.17) is 9.31 Å². The van der Waals surface area contributed by atoms with Crippen LogP contribution in [0.3, 0.4) is 0 Å². The molecular weight excluding hydrogens is 241 g/mol. The van der Waals surface area contributed by atoms with Crippen LogP contribution in [0.25, 0.3) is 5.65 Å². The third-order valence-corrected chi connectivity index (χ3v) is 4.19. The van der Waals surface area contributed by atoms with Crippen LogP contribution in [0.15, 0.2) is 18.6 Å². The van der Waals surface area contributed by atoms with Gasteiger partial charge in [-0.25, -0.2) is 0 Å². The third kappa shape index (κ3) is 1.86. The fourth-order valence-electron chi connectivity index (χ4n) is 2.20. The molecule has 0 saturated carbocycles. The second-order valence-electron chi connectivity index (χ2n) is 6.10. The Morgan fingerprint density at radius 3 is 2.42 bits per heavy atom. The molecule has 2 aromatic rings. The smallest absolute Gasteiger partial charge is 0.399 e. The third-order valence-electron chi connectivity index (χ3n) is 4.19. The molecule has 5 nitrogen and oxygen atoms in total. The van der Waals surface area contributed by atoms with E-state index in [1.54, 1.807) is 6.33 Å². The van der Waals surface area contributed by atoms with Gasteiger partial charge in [0.2, 0.25) is 0 Å². The fraction of sp³-hybridized carbons (Fsp3) is 0.538. The van der Waals surface area contributed by atoms with Gasteiger partial charge in [0, 0.05) is 11.7 Å². The van der Waals surface area contributed by atoms with E-state index in [1.165, 1.54) is 0 Å². The summed E-state index contributed by atoms with van der Waals surface area (Å²) >= 11 is 0. The molecule has 0 unspecified atom stereocenters. The van der Waals surface area contributed by atoms with Crippen molar-refractivity contribution >= 4 is 18.2 Å². The highest BCUT2D eigenvalue weighted by atomic mass is 16.7. The zero-order valence-electron chi connectivity index (χ0n) is 12.0. The summed E-state index contributed by atoms with van der Waals surface area (Å²) in [4.78, 5) is 0. The van der Waals surface area contributed by atoms with E-state index >= 15 is 0 Å². The lowest BCUT2D eigenvalue weighted by Gasteiger charge is -2.32. The minimum Gasteiger partial charge on any atom is -0.399 e. The number of nitrogens with zero attached hydrogens (tertiary/aromatic N) is 3. The average Bonchev–Trinajstić information content (AvgIpc) is 2.80. The van der Waals surface area contributed by atoms with Gasteiger partial charge >= 0.3 is 7.12 Å². The molecule has 0 amide bonds. The standard InChI is InChI=1S/C13H18BN3O2/c1-9-6-11-16-15-8-17(11)7-10(9)14-18-12(2,3)13(4,5)19-14/h6-8H,1-5H3. The fourth-order valence-corrected chi connectivity index (χ4v) is 2.20. The molecule has 0 aliphatic carbocycles. The lowest BCUT2D eigenvalue weighted by molar-refractivity contribution is 0.00578. The Hall–Kier alpha value is -1.40. The summed E-state index contributed by atoms with van der Waals surface area (Å²) in [5.74, 6) is 0. The Labute approximate surface area is 113 Å². The molecule has 6 heteroatoms. The van der Waals surface area contributed by atoms with Crippen molar-refractivity contribution in [3.05, 3.63) is 24.2 Å². The van der Waals surface area contributed by atoms with Gasteiger partial charge in [-0.2, -0.15) is 0 Å². The number of hydrogen-bond acceptors (Lipinski definition) is 4. The first-order valence-corrected chi connectivity index (χ1v) is 6.46.